The van der Waals surface area contributed by atoms with Crippen LogP contribution in [-0.2, 0) is 12.7 Å². The van der Waals surface area contributed by atoms with E-state index in [1.807, 2.05) is 0 Å². The van der Waals surface area contributed by atoms with Gasteiger partial charge in [-0.05, 0) is 24.6 Å². The van der Waals surface area contributed by atoms with Gasteiger partial charge in [-0.1, -0.05) is 6.07 Å². The summed E-state index contributed by atoms with van der Waals surface area (Å²) in [5.41, 5.74) is 0.0135. The Morgan fingerprint density at radius 3 is 2.62 bits per heavy atom. The lowest BCUT2D eigenvalue weighted by atomic mass is 10.1. The Kier molecular flexibility index (Phi) is 4.15. The highest BCUT2D eigenvalue weighted by atomic mass is 19.4. The SMILES string of the molecule is Cc1ccc(C(F)(F)F)cc1NCc1nccn1C(F)F. The molecule has 0 spiro atoms. The number of imidazole rings is 1. The average molecular weight is 305 g/mol. The second-order valence-electron chi connectivity index (χ2n) is 4.41. The summed E-state index contributed by atoms with van der Waals surface area (Å²) < 4.78 is 63.8. The Morgan fingerprint density at radius 1 is 1.29 bits per heavy atom. The van der Waals surface area contributed by atoms with Crippen molar-refractivity contribution in [3.63, 3.8) is 0 Å². The van der Waals surface area contributed by atoms with E-state index in [0.717, 1.165) is 18.3 Å². The first-order chi connectivity index (χ1) is 9.79. The van der Waals surface area contributed by atoms with Gasteiger partial charge in [0.25, 0.3) is 0 Å². The fourth-order valence-electron chi connectivity index (χ4n) is 1.82. The molecule has 2 aromatic rings. The van der Waals surface area contributed by atoms with E-state index < -0.39 is 18.3 Å². The molecule has 0 saturated carbocycles. The minimum atomic E-state index is -4.45. The fraction of sp³-hybridized carbons (Fsp3) is 0.308. The third kappa shape index (κ3) is 3.50. The summed E-state index contributed by atoms with van der Waals surface area (Å²) in [6.07, 6.45) is -2.13. The van der Waals surface area contributed by atoms with Crippen molar-refractivity contribution in [1.82, 2.24) is 9.55 Å². The highest BCUT2D eigenvalue weighted by Crippen LogP contribution is 2.32. The van der Waals surface area contributed by atoms with Gasteiger partial charge in [0.05, 0.1) is 12.1 Å². The van der Waals surface area contributed by atoms with Crippen LogP contribution in [0.25, 0.3) is 0 Å². The summed E-state index contributed by atoms with van der Waals surface area (Å²) >= 11 is 0. The van der Waals surface area contributed by atoms with Crippen molar-refractivity contribution >= 4 is 5.69 Å². The van der Waals surface area contributed by atoms with Crippen LogP contribution in [0.2, 0.25) is 0 Å². The van der Waals surface area contributed by atoms with Crippen molar-refractivity contribution in [2.24, 2.45) is 0 Å². The highest BCUT2D eigenvalue weighted by Gasteiger charge is 2.30. The molecular formula is C13H12F5N3. The zero-order chi connectivity index (χ0) is 15.6. The van der Waals surface area contributed by atoms with Gasteiger partial charge in [-0.25, -0.2) is 4.98 Å². The predicted molar refractivity (Wildman–Crippen MR) is 67.0 cm³/mol. The van der Waals surface area contributed by atoms with Crippen LogP contribution in [0.5, 0.6) is 0 Å². The molecule has 0 aliphatic rings. The van der Waals surface area contributed by atoms with Crippen molar-refractivity contribution in [3.05, 3.63) is 47.5 Å². The second kappa shape index (κ2) is 5.71. The quantitative estimate of drug-likeness (QED) is 0.857. The standard InChI is InChI=1S/C13H12F5N3/c1-8-2-3-9(13(16,17)18)6-10(8)20-7-11-19-4-5-21(11)12(14)15/h2-6,12,20H,7H2,1H3. The molecule has 0 unspecified atom stereocenters. The van der Waals surface area contributed by atoms with E-state index in [9.17, 15) is 22.0 Å². The number of aryl methyl sites for hydroxylation is 1. The lowest BCUT2D eigenvalue weighted by Crippen LogP contribution is -2.11. The molecule has 0 radical (unpaired) electrons. The van der Waals surface area contributed by atoms with Gasteiger partial charge in [-0.15, -0.1) is 0 Å². The van der Waals surface area contributed by atoms with E-state index in [-0.39, 0.29) is 18.1 Å². The van der Waals surface area contributed by atoms with Crippen molar-refractivity contribution in [3.8, 4) is 0 Å². The van der Waals surface area contributed by atoms with Gasteiger partial charge in [0, 0.05) is 18.1 Å². The maximum atomic E-state index is 12.6. The molecule has 0 amide bonds. The lowest BCUT2D eigenvalue weighted by molar-refractivity contribution is -0.137. The average Bonchev–Trinajstić information content (AvgIpc) is 2.85. The smallest absolute Gasteiger partial charge is 0.378 e. The van der Waals surface area contributed by atoms with Crippen molar-refractivity contribution in [2.45, 2.75) is 26.2 Å². The third-order valence-electron chi connectivity index (χ3n) is 2.96. The highest BCUT2D eigenvalue weighted by molar-refractivity contribution is 5.53. The maximum absolute atomic E-state index is 12.6. The topological polar surface area (TPSA) is 29.9 Å². The van der Waals surface area contributed by atoms with Crippen LogP contribution < -0.4 is 5.32 Å². The molecule has 0 atom stereocenters. The largest absolute Gasteiger partial charge is 0.416 e. The number of alkyl halides is 5. The van der Waals surface area contributed by atoms with Crippen LogP contribution in [-0.4, -0.2) is 9.55 Å². The predicted octanol–water partition coefficient (Wildman–Crippen LogP) is 4.22. The van der Waals surface area contributed by atoms with Crippen LogP contribution in [0.1, 0.15) is 23.5 Å². The lowest BCUT2D eigenvalue weighted by Gasteiger charge is -2.14. The summed E-state index contributed by atoms with van der Waals surface area (Å²) in [6, 6.07) is 3.25. The number of rotatable bonds is 4. The summed E-state index contributed by atoms with van der Waals surface area (Å²) in [4.78, 5) is 3.75. The maximum Gasteiger partial charge on any atom is 0.416 e. The van der Waals surface area contributed by atoms with Crippen LogP contribution >= 0.6 is 0 Å². The molecule has 0 bridgehead atoms. The van der Waals surface area contributed by atoms with E-state index in [4.69, 9.17) is 0 Å². The number of hydrogen-bond donors (Lipinski definition) is 1. The third-order valence-corrected chi connectivity index (χ3v) is 2.96. The number of anilines is 1. The van der Waals surface area contributed by atoms with Crippen molar-refractivity contribution in [2.75, 3.05) is 5.32 Å². The number of nitrogens with one attached hydrogen (secondary N) is 1. The Bertz CT molecular complexity index is 619. The molecule has 0 aliphatic heterocycles. The molecule has 1 heterocycles. The first kappa shape index (κ1) is 15.3. The van der Waals surface area contributed by atoms with Gasteiger partial charge >= 0.3 is 12.7 Å². The van der Waals surface area contributed by atoms with E-state index in [0.29, 0.717) is 10.1 Å². The summed E-state index contributed by atoms with van der Waals surface area (Å²) in [5, 5.41) is 2.71. The summed E-state index contributed by atoms with van der Waals surface area (Å²) in [7, 11) is 0. The Labute approximate surface area is 117 Å². The molecule has 21 heavy (non-hydrogen) atoms. The molecule has 0 fully saturated rings. The molecule has 0 saturated heterocycles. The minimum Gasteiger partial charge on any atom is -0.378 e. The number of halogens is 5. The first-order valence-electron chi connectivity index (χ1n) is 6.00. The Hall–Kier alpha value is -2.12. The second-order valence-corrected chi connectivity index (χ2v) is 4.41. The Morgan fingerprint density at radius 2 is 2.00 bits per heavy atom. The van der Waals surface area contributed by atoms with Crippen molar-refractivity contribution < 1.29 is 22.0 Å². The van der Waals surface area contributed by atoms with Gasteiger partial charge in [0.1, 0.15) is 5.82 Å². The van der Waals surface area contributed by atoms with Gasteiger partial charge in [-0.2, -0.15) is 22.0 Å². The fourth-order valence-corrected chi connectivity index (χ4v) is 1.82. The molecular weight excluding hydrogens is 293 g/mol. The summed E-state index contributed by atoms with van der Waals surface area (Å²) in [6.45, 7) is -1.21. The zero-order valence-electron chi connectivity index (χ0n) is 11.0. The molecule has 3 nitrogen and oxygen atoms in total. The first-order valence-corrected chi connectivity index (χ1v) is 6.00. The molecule has 2 rings (SSSR count). The molecule has 114 valence electrons. The minimum absolute atomic E-state index is 0.0433. The molecule has 0 aliphatic carbocycles. The zero-order valence-corrected chi connectivity index (χ0v) is 11.0. The van der Waals surface area contributed by atoms with Gasteiger partial charge in [-0.3, -0.25) is 4.57 Å². The molecule has 1 aromatic heterocycles. The monoisotopic (exact) mass is 305 g/mol. The molecule has 1 N–H and O–H groups in total. The van der Waals surface area contributed by atoms with Crippen molar-refractivity contribution in [1.29, 1.82) is 0 Å². The van der Waals surface area contributed by atoms with E-state index >= 15 is 0 Å². The molecule has 1 aromatic carbocycles. The van der Waals surface area contributed by atoms with Crippen LogP contribution in [0, 0.1) is 6.92 Å². The van der Waals surface area contributed by atoms with E-state index in [2.05, 4.69) is 10.3 Å². The number of benzene rings is 1. The van der Waals surface area contributed by atoms with Crippen LogP contribution in [0.4, 0.5) is 27.6 Å². The van der Waals surface area contributed by atoms with Crippen LogP contribution in [0.3, 0.4) is 0 Å². The Balaban J connectivity index is 2.18. The number of nitrogens with zero attached hydrogens (tertiary/aromatic N) is 2. The van der Waals surface area contributed by atoms with Crippen LogP contribution in [0.15, 0.2) is 30.6 Å². The number of aromatic nitrogens is 2. The van der Waals surface area contributed by atoms with Gasteiger partial charge < -0.3 is 5.32 Å². The van der Waals surface area contributed by atoms with E-state index in [1.165, 1.54) is 12.3 Å². The number of hydrogen-bond acceptors (Lipinski definition) is 2. The molecule has 8 heteroatoms. The van der Waals surface area contributed by atoms with Gasteiger partial charge in [0.2, 0.25) is 0 Å². The van der Waals surface area contributed by atoms with E-state index in [1.54, 1.807) is 6.92 Å². The normalized spacial score (nSPS) is 12.0. The summed E-state index contributed by atoms with van der Waals surface area (Å²) in [5.74, 6) is 0.0433. The van der Waals surface area contributed by atoms with Gasteiger partial charge in [0.15, 0.2) is 0 Å².